The molecule has 0 radical (unpaired) electrons. The largest absolute Gasteiger partial charge is 0.355 e. The summed E-state index contributed by atoms with van der Waals surface area (Å²) in [4.78, 5) is 7.04. The molecule has 0 unspecified atom stereocenters. The third-order valence-electron chi connectivity index (χ3n) is 2.77. The fourth-order valence-corrected chi connectivity index (χ4v) is 2.95. The van der Waals surface area contributed by atoms with Crippen LogP contribution in [0.5, 0.6) is 0 Å². The lowest BCUT2D eigenvalue weighted by Gasteiger charge is -2.14. The second-order valence-electron chi connectivity index (χ2n) is 4.28. The van der Waals surface area contributed by atoms with Crippen LogP contribution in [0.4, 0.5) is 5.69 Å². The first-order valence-corrected chi connectivity index (χ1v) is 8.84. The van der Waals surface area contributed by atoms with E-state index in [-0.39, 0.29) is 0 Å². The Morgan fingerprint density at radius 2 is 2.14 bits per heavy atom. The van der Waals surface area contributed by atoms with Gasteiger partial charge in [0.05, 0.1) is 12.2 Å². The van der Waals surface area contributed by atoms with E-state index in [9.17, 15) is 0 Å². The van der Waals surface area contributed by atoms with Gasteiger partial charge in [-0.2, -0.15) is 0 Å². The van der Waals surface area contributed by atoms with Crippen molar-refractivity contribution in [3.05, 3.63) is 46.7 Å². The maximum absolute atomic E-state index is 5.57. The van der Waals surface area contributed by atoms with Gasteiger partial charge in [0.25, 0.3) is 0 Å². The first-order valence-electron chi connectivity index (χ1n) is 6.74. The number of nitrogens with two attached hydrogens (primary N) is 1. The Balaban J connectivity index is 2.09. The van der Waals surface area contributed by atoms with Crippen LogP contribution in [-0.4, -0.2) is 25.3 Å². The molecule has 1 aromatic carbocycles. The van der Waals surface area contributed by atoms with E-state index in [1.165, 1.54) is 9.77 Å². The van der Waals surface area contributed by atoms with Gasteiger partial charge in [-0.25, -0.2) is 4.99 Å². The molecule has 112 valence electrons. The van der Waals surface area contributed by atoms with Gasteiger partial charge in [-0.3, -0.25) is 0 Å². The molecule has 4 nitrogen and oxygen atoms in total. The number of thioether (sulfide) groups is 1. The highest BCUT2D eigenvalue weighted by Crippen LogP contribution is 2.24. The topological polar surface area (TPSA) is 62.4 Å². The number of anilines is 1. The van der Waals surface area contributed by atoms with Crippen LogP contribution in [0.15, 0.2) is 51.7 Å². The lowest BCUT2D eigenvalue weighted by Crippen LogP contribution is -2.34. The number of rotatable bonds is 6. The van der Waals surface area contributed by atoms with Gasteiger partial charge in [-0.05, 0) is 29.8 Å². The molecule has 2 aromatic rings. The van der Waals surface area contributed by atoms with Gasteiger partial charge < -0.3 is 16.4 Å². The van der Waals surface area contributed by atoms with Gasteiger partial charge in [0.2, 0.25) is 0 Å². The fraction of sp³-hybridized carbons (Fsp3) is 0.267. The van der Waals surface area contributed by atoms with E-state index in [0.717, 1.165) is 11.6 Å². The Morgan fingerprint density at radius 1 is 1.29 bits per heavy atom. The van der Waals surface area contributed by atoms with Gasteiger partial charge in [0.15, 0.2) is 5.96 Å². The third kappa shape index (κ3) is 5.08. The van der Waals surface area contributed by atoms with Crippen LogP contribution in [0.25, 0.3) is 0 Å². The van der Waals surface area contributed by atoms with Crippen LogP contribution in [0.3, 0.4) is 0 Å². The standard InChI is InChI=1S/C15H20N4S2/c1-20-14-7-3-2-6-13(14)19-15(17-9-8-16)18-11-12-5-4-10-21-12/h2-7,10H,8-9,11,16H2,1H3,(H2,17,18,19). The molecular weight excluding hydrogens is 300 g/mol. The maximum atomic E-state index is 5.57. The molecule has 6 heteroatoms. The Bertz CT molecular complexity index is 567. The van der Waals surface area contributed by atoms with Crippen LogP contribution in [-0.2, 0) is 6.54 Å². The molecule has 4 N–H and O–H groups in total. The Kier molecular flexibility index (Phi) is 6.59. The average molecular weight is 320 g/mol. The van der Waals surface area contributed by atoms with E-state index in [1.807, 2.05) is 18.2 Å². The van der Waals surface area contributed by atoms with Crippen molar-refractivity contribution in [3.63, 3.8) is 0 Å². The average Bonchev–Trinajstić information content (AvgIpc) is 3.04. The number of guanidine groups is 1. The first kappa shape index (κ1) is 15.9. The Hall–Kier alpha value is -1.50. The zero-order valence-electron chi connectivity index (χ0n) is 12.0. The molecule has 0 saturated carbocycles. The molecule has 0 saturated heterocycles. The lowest BCUT2D eigenvalue weighted by atomic mass is 10.3. The highest BCUT2D eigenvalue weighted by Gasteiger charge is 2.04. The third-order valence-corrected chi connectivity index (χ3v) is 4.43. The van der Waals surface area contributed by atoms with Gasteiger partial charge in [0, 0.05) is 22.9 Å². The molecule has 0 spiro atoms. The van der Waals surface area contributed by atoms with Gasteiger partial charge in [-0.15, -0.1) is 23.1 Å². The minimum absolute atomic E-state index is 0.573. The molecule has 0 aliphatic rings. The molecule has 21 heavy (non-hydrogen) atoms. The normalized spacial score (nSPS) is 11.4. The van der Waals surface area contributed by atoms with E-state index in [2.05, 4.69) is 45.5 Å². The summed E-state index contributed by atoms with van der Waals surface area (Å²) in [5.74, 6) is 0.760. The van der Waals surface area contributed by atoms with Crippen LogP contribution < -0.4 is 16.4 Å². The van der Waals surface area contributed by atoms with Gasteiger partial charge in [-0.1, -0.05) is 18.2 Å². The molecule has 0 aliphatic heterocycles. The highest BCUT2D eigenvalue weighted by atomic mass is 32.2. The van der Waals surface area contributed by atoms with E-state index < -0.39 is 0 Å². The maximum Gasteiger partial charge on any atom is 0.196 e. The number of aliphatic imine (C=N–C) groups is 1. The van der Waals surface area contributed by atoms with Crippen molar-refractivity contribution in [2.45, 2.75) is 11.4 Å². The molecule has 1 heterocycles. The molecule has 0 amide bonds. The summed E-state index contributed by atoms with van der Waals surface area (Å²) in [7, 11) is 0. The second kappa shape index (κ2) is 8.71. The number of nitrogens with one attached hydrogen (secondary N) is 2. The SMILES string of the molecule is CSc1ccccc1NC(=NCc1cccs1)NCCN. The second-order valence-corrected chi connectivity index (χ2v) is 6.17. The summed E-state index contributed by atoms with van der Waals surface area (Å²) >= 11 is 3.42. The van der Waals surface area contributed by atoms with Gasteiger partial charge in [0.1, 0.15) is 0 Å². The molecule has 0 aliphatic carbocycles. The minimum Gasteiger partial charge on any atom is -0.355 e. The van der Waals surface area contributed by atoms with E-state index in [4.69, 9.17) is 5.73 Å². The number of nitrogens with zero attached hydrogens (tertiary/aromatic N) is 1. The summed E-state index contributed by atoms with van der Waals surface area (Å²) < 4.78 is 0. The number of benzene rings is 1. The quantitative estimate of drug-likeness (QED) is 0.435. The molecule has 0 bridgehead atoms. The molecule has 0 atom stereocenters. The van der Waals surface area contributed by atoms with Crippen molar-refractivity contribution in [2.24, 2.45) is 10.7 Å². The lowest BCUT2D eigenvalue weighted by molar-refractivity contribution is 0.863. The zero-order valence-corrected chi connectivity index (χ0v) is 13.6. The predicted octanol–water partition coefficient (Wildman–Crippen LogP) is 2.99. The summed E-state index contributed by atoms with van der Waals surface area (Å²) in [5, 5.41) is 8.67. The molecular formula is C15H20N4S2. The van der Waals surface area contributed by atoms with Crippen LogP contribution in [0.1, 0.15) is 4.88 Å². The number of para-hydroxylation sites is 1. The Morgan fingerprint density at radius 3 is 2.86 bits per heavy atom. The van der Waals surface area contributed by atoms with E-state index in [1.54, 1.807) is 23.1 Å². The fourth-order valence-electron chi connectivity index (χ4n) is 1.77. The molecule has 1 aromatic heterocycles. The summed E-state index contributed by atoms with van der Waals surface area (Å²) in [6, 6.07) is 12.3. The van der Waals surface area contributed by atoms with Crippen molar-refractivity contribution in [3.8, 4) is 0 Å². The Labute approximate surface area is 133 Å². The number of thiophene rings is 1. The highest BCUT2D eigenvalue weighted by molar-refractivity contribution is 7.98. The van der Waals surface area contributed by atoms with Crippen molar-refractivity contribution >= 4 is 34.7 Å². The summed E-state index contributed by atoms with van der Waals surface area (Å²) in [5.41, 5.74) is 6.62. The molecule has 2 rings (SSSR count). The van der Waals surface area contributed by atoms with E-state index >= 15 is 0 Å². The van der Waals surface area contributed by atoms with Crippen LogP contribution in [0, 0.1) is 0 Å². The number of hydrogen-bond donors (Lipinski definition) is 3. The monoisotopic (exact) mass is 320 g/mol. The molecule has 0 fully saturated rings. The van der Waals surface area contributed by atoms with Gasteiger partial charge >= 0.3 is 0 Å². The van der Waals surface area contributed by atoms with Crippen LogP contribution in [0.2, 0.25) is 0 Å². The summed E-state index contributed by atoms with van der Waals surface area (Å²) in [6.45, 7) is 1.93. The van der Waals surface area contributed by atoms with E-state index in [0.29, 0.717) is 19.6 Å². The minimum atomic E-state index is 0.573. The predicted molar refractivity (Wildman–Crippen MR) is 94.4 cm³/mol. The smallest absolute Gasteiger partial charge is 0.196 e. The summed E-state index contributed by atoms with van der Waals surface area (Å²) in [6.07, 6.45) is 2.07. The van der Waals surface area contributed by atoms with Crippen molar-refractivity contribution in [1.29, 1.82) is 0 Å². The van der Waals surface area contributed by atoms with Crippen molar-refractivity contribution in [1.82, 2.24) is 5.32 Å². The van der Waals surface area contributed by atoms with Crippen molar-refractivity contribution in [2.75, 3.05) is 24.7 Å². The van der Waals surface area contributed by atoms with Crippen molar-refractivity contribution < 1.29 is 0 Å². The number of hydrogen-bond acceptors (Lipinski definition) is 4. The first-order chi connectivity index (χ1) is 10.3. The van der Waals surface area contributed by atoms with Crippen LogP contribution >= 0.6 is 23.1 Å². The zero-order chi connectivity index (χ0) is 14.9.